The van der Waals surface area contributed by atoms with Crippen molar-refractivity contribution in [2.24, 2.45) is 0 Å². The van der Waals surface area contributed by atoms with Crippen molar-refractivity contribution in [2.45, 2.75) is 24.8 Å². The van der Waals surface area contributed by atoms with Gasteiger partial charge in [-0.2, -0.15) is 0 Å². The van der Waals surface area contributed by atoms with Gasteiger partial charge in [0.1, 0.15) is 5.69 Å². The number of aromatic carboxylic acids is 1. The summed E-state index contributed by atoms with van der Waals surface area (Å²) in [5.41, 5.74) is 0.424. The number of carbonyl (C=O) groups excluding carboxylic acids is 1. The van der Waals surface area contributed by atoms with Crippen molar-refractivity contribution in [1.29, 1.82) is 0 Å². The van der Waals surface area contributed by atoms with Gasteiger partial charge in [0.25, 0.3) is 5.91 Å². The number of hydrogen-bond donors (Lipinski definition) is 1. The monoisotopic (exact) mass is 291 g/mol. The summed E-state index contributed by atoms with van der Waals surface area (Å²) < 4.78 is 0. The predicted molar refractivity (Wildman–Crippen MR) is 78.4 cm³/mol. The topological polar surface area (TPSA) is 73.7 Å². The summed E-state index contributed by atoms with van der Waals surface area (Å²) in [6.07, 6.45) is 4.70. The van der Waals surface area contributed by atoms with Crippen LogP contribution in [-0.2, 0) is 0 Å². The molecule has 1 amide bonds. The van der Waals surface area contributed by atoms with Crippen molar-refractivity contribution in [2.75, 3.05) is 27.7 Å². The fraction of sp³-hybridized carbons (Fsp3) is 0.533. The number of carboxylic acids is 1. The zero-order chi connectivity index (χ0) is 15.6. The molecule has 1 aromatic heterocycles. The second kappa shape index (κ2) is 5.81. The maximum Gasteiger partial charge on any atom is 0.354 e. The SMILES string of the molecule is CN(CC1(N(C)C)CCC1)C(=O)c1ccc(C(=O)O)nc1. The molecule has 1 aliphatic rings. The molecule has 1 fully saturated rings. The lowest BCUT2D eigenvalue weighted by Gasteiger charge is -2.49. The number of nitrogens with zero attached hydrogens (tertiary/aromatic N) is 3. The molecule has 21 heavy (non-hydrogen) atoms. The fourth-order valence-corrected chi connectivity index (χ4v) is 2.71. The van der Waals surface area contributed by atoms with Crippen LogP contribution in [0.1, 0.15) is 40.1 Å². The van der Waals surface area contributed by atoms with E-state index in [-0.39, 0.29) is 17.1 Å². The van der Waals surface area contributed by atoms with E-state index in [1.165, 1.54) is 24.8 Å². The first-order valence-electron chi connectivity index (χ1n) is 6.98. The highest BCUT2D eigenvalue weighted by Crippen LogP contribution is 2.36. The second-order valence-corrected chi connectivity index (χ2v) is 5.87. The van der Waals surface area contributed by atoms with Crippen LogP contribution in [0.25, 0.3) is 0 Å². The molecule has 0 atom stereocenters. The molecule has 0 spiro atoms. The third-order valence-electron chi connectivity index (χ3n) is 4.34. The van der Waals surface area contributed by atoms with Crippen LogP contribution in [0.15, 0.2) is 18.3 Å². The van der Waals surface area contributed by atoms with E-state index in [0.717, 1.165) is 12.8 Å². The summed E-state index contributed by atoms with van der Waals surface area (Å²) in [6.45, 7) is 0.666. The molecular formula is C15H21N3O3. The Morgan fingerprint density at radius 1 is 1.29 bits per heavy atom. The Morgan fingerprint density at radius 3 is 2.33 bits per heavy atom. The van der Waals surface area contributed by atoms with Gasteiger partial charge in [0.05, 0.1) is 5.56 Å². The van der Waals surface area contributed by atoms with E-state index >= 15 is 0 Å². The standard InChI is InChI=1S/C15H21N3O3/c1-17(2)15(7-4-8-15)10-18(3)13(19)11-5-6-12(14(20)21)16-9-11/h5-6,9H,4,7-8,10H2,1-3H3,(H,20,21). The van der Waals surface area contributed by atoms with Gasteiger partial charge in [-0.25, -0.2) is 9.78 Å². The number of hydrogen-bond acceptors (Lipinski definition) is 4. The van der Waals surface area contributed by atoms with E-state index in [9.17, 15) is 9.59 Å². The number of carboxylic acid groups (broad SMARTS) is 1. The van der Waals surface area contributed by atoms with Crippen molar-refractivity contribution in [3.63, 3.8) is 0 Å². The maximum atomic E-state index is 12.4. The summed E-state index contributed by atoms with van der Waals surface area (Å²) >= 11 is 0. The van der Waals surface area contributed by atoms with Gasteiger partial charge in [-0.1, -0.05) is 0 Å². The molecule has 1 aliphatic carbocycles. The largest absolute Gasteiger partial charge is 0.477 e. The van der Waals surface area contributed by atoms with Crippen molar-refractivity contribution >= 4 is 11.9 Å². The Morgan fingerprint density at radius 2 is 1.95 bits per heavy atom. The molecule has 6 nitrogen and oxygen atoms in total. The Bertz CT molecular complexity index is 536. The molecule has 1 saturated carbocycles. The Kier molecular flexibility index (Phi) is 4.27. The molecule has 0 saturated heterocycles. The Labute approximate surface area is 124 Å². The number of amides is 1. The highest BCUT2D eigenvalue weighted by atomic mass is 16.4. The normalized spacial score (nSPS) is 16.4. The Balaban J connectivity index is 2.07. The van der Waals surface area contributed by atoms with Crippen LogP contribution in [0.5, 0.6) is 0 Å². The first kappa shape index (κ1) is 15.4. The lowest BCUT2D eigenvalue weighted by molar-refractivity contribution is 0.0252. The maximum absolute atomic E-state index is 12.4. The summed E-state index contributed by atoms with van der Waals surface area (Å²) in [4.78, 5) is 30.8. The molecule has 1 N–H and O–H groups in total. The van der Waals surface area contributed by atoms with E-state index in [0.29, 0.717) is 12.1 Å². The molecule has 0 bridgehead atoms. The molecule has 114 valence electrons. The van der Waals surface area contributed by atoms with Gasteiger partial charge in [0.2, 0.25) is 0 Å². The lowest BCUT2D eigenvalue weighted by atomic mass is 9.75. The zero-order valence-electron chi connectivity index (χ0n) is 12.7. The summed E-state index contributed by atoms with van der Waals surface area (Å²) in [6, 6.07) is 2.87. The van der Waals surface area contributed by atoms with Crippen molar-refractivity contribution in [1.82, 2.24) is 14.8 Å². The first-order chi connectivity index (χ1) is 9.85. The van der Waals surface area contributed by atoms with E-state index in [1.807, 2.05) is 14.1 Å². The van der Waals surface area contributed by atoms with E-state index < -0.39 is 5.97 Å². The van der Waals surface area contributed by atoms with Gasteiger partial charge in [0.15, 0.2) is 0 Å². The van der Waals surface area contributed by atoms with Gasteiger partial charge in [-0.3, -0.25) is 4.79 Å². The van der Waals surface area contributed by atoms with Gasteiger partial charge < -0.3 is 14.9 Å². The fourth-order valence-electron chi connectivity index (χ4n) is 2.71. The number of carbonyl (C=O) groups is 2. The molecule has 0 unspecified atom stereocenters. The number of likely N-dealkylation sites (N-methyl/N-ethyl adjacent to an activating group) is 2. The van der Waals surface area contributed by atoms with Crippen molar-refractivity contribution in [3.05, 3.63) is 29.6 Å². The van der Waals surface area contributed by atoms with E-state index in [1.54, 1.807) is 11.9 Å². The van der Waals surface area contributed by atoms with Crippen LogP contribution in [0.4, 0.5) is 0 Å². The first-order valence-corrected chi connectivity index (χ1v) is 6.98. The minimum atomic E-state index is -1.09. The number of pyridine rings is 1. The van der Waals surface area contributed by atoms with Crippen LogP contribution in [0, 0.1) is 0 Å². The van der Waals surface area contributed by atoms with Crippen LogP contribution < -0.4 is 0 Å². The highest BCUT2D eigenvalue weighted by molar-refractivity contribution is 5.94. The predicted octanol–water partition coefficient (Wildman–Crippen LogP) is 1.34. The van der Waals surface area contributed by atoms with Crippen LogP contribution in [0.3, 0.4) is 0 Å². The molecule has 0 radical (unpaired) electrons. The molecule has 0 aliphatic heterocycles. The molecular weight excluding hydrogens is 270 g/mol. The average Bonchev–Trinajstić information content (AvgIpc) is 2.41. The average molecular weight is 291 g/mol. The molecule has 1 heterocycles. The zero-order valence-corrected chi connectivity index (χ0v) is 12.7. The minimum absolute atomic E-state index is 0.0574. The Hall–Kier alpha value is -1.95. The lowest BCUT2D eigenvalue weighted by Crippen LogP contribution is -2.57. The number of rotatable bonds is 5. The van der Waals surface area contributed by atoms with Crippen LogP contribution in [0.2, 0.25) is 0 Å². The highest BCUT2D eigenvalue weighted by Gasteiger charge is 2.40. The van der Waals surface area contributed by atoms with Gasteiger partial charge >= 0.3 is 5.97 Å². The van der Waals surface area contributed by atoms with E-state index in [2.05, 4.69) is 9.88 Å². The van der Waals surface area contributed by atoms with Crippen LogP contribution in [-0.4, -0.2) is 65.0 Å². The molecule has 1 aromatic rings. The third-order valence-corrected chi connectivity index (χ3v) is 4.34. The number of aromatic nitrogens is 1. The molecule has 0 aromatic carbocycles. The summed E-state index contributed by atoms with van der Waals surface area (Å²) in [7, 11) is 5.86. The second-order valence-electron chi connectivity index (χ2n) is 5.87. The van der Waals surface area contributed by atoms with Crippen molar-refractivity contribution < 1.29 is 14.7 Å². The molecule has 6 heteroatoms. The van der Waals surface area contributed by atoms with E-state index in [4.69, 9.17) is 5.11 Å². The summed E-state index contributed by atoms with van der Waals surface area (Å²) in [5, 5.41) is 8.81. The van der Waals surface area contributed by atoms with Crippen molar-refractivity contribution in [3.8, 4) is 0 Å². The third kappa shape index (κ3) is 3.05. The van der Waals surface area contributed by atoms with Crippen LogP contribution >= 0.6 is 0 Å². The molecule has 2 rings (SSSR count). The van der Waals surface area contributed by atoms with Gasteiger partial charge in [0, 0.05) is 25.3 Å². The van der Waals surface area contributed by atoms with Gasteiger partial charge in [-0.05, 0) is 45.5 Å². The minimum Gasteiger partial charge on any atom is -0.477 e. The summed E-state index contributed by atoms with van der Waals surface area (Å²) in [5.74, 6) is -1.23. The van der Waals surface area contributed by atoms with Gasteiger partial charge in [-0.15, -0.1) is 0 Å². The quantitative estimate of drug-likeness (QED) is 0.886. The smallest absolute Gasteiger partial charge is 0.354 e.